The quantitative estimate of drug-likeness (QED) is 0.772. The van der Waals surface area contributed by atoms with Crippen molar-refractivity contribution < 1.29 is 9.59 Å². The fourth-order valence-electron chi connectivity index (χ4n) is 1.65. The molecule has 86 valence electrons. The van der Waals surface area contributed by atoms with Gasteiger partial charge in [-0.3, -0.25) is 10.1 Å². The molecule has 2 N–H and O–H groups in total. The van der Waals surface area contributed by atoms with Crippen LogP contribution in [0.2, 0.25) is 0 Å². The zero-order valence-corrected chi connectivity index (χ0v) is 10.0. The molecular formula is C10H18N2O2S. The minimum absolute atomic E-state index is 0.148. The number of nitrogens with one attached hydrogen (secondary N) is 2. The van der Waals surface area contributed by atoms with Crippen molar-refractivity contribution in [1.29, 1.82) is 0 Å². The van der Waals surface area contributed by atoms with Gasteiger partial charge in [0.05, 0.1) is 5.25 Å². The van der Waals surface area contributed by atoms with Gasteiger partial charge in [0.25, 0.3) is 0 Å². The Kier molecular flexibility index (Phi) is 4.94. The van der Waals surface area contributed by atoms with Crippen LogP contribution in [0.3, 0.4) is 0 Å². The summed E-state index contributed by atoms with van der Waals surface area (Å²) in [5.41, 5.74) is 0. The van der Waals surface area contributed by atoms with Crippen LogP contribution < -0.4 is 10.6 Å². The lowest BCUT2D eigenvalue weighted by Crippen LogP contribution is -2.41. The highest BCUT2D eigenvalue weighted by molar-refractivity contribution is 8.01. The summed E-state index contributed by atoms with van der Waals surface area (Å²) in [6.07, 6.45) is 4.92. The maximum Gasteiger partial charge on any atom is 0.321 e. The van der Waals surface area contributed by atoms with Crippen LogP contribution in [-0.4, -0.2) is 29.5 Å². The van der Waals surface area contributed by atoms with Gasteiger partial charge in [0.1, 0.15) is 0 Å². The van der Waals surface area contributed by atoms with Crippen LogP contribution in [0.5, 0.6) is 0 Å². The van der Waals surface area contributed by atoms with Gasteiger partial charge in [0.2, 0.25) is 5.91 Å². The van der Waals surface area contributed by atoms with Crippen molar-refractivity contribution in [1.82, 2.24) is 10.6 Å². The second kappa shape index (κ2) is 6.00. The zero-order valence-electron chi connectivity index (χ0n) is 9.21. The van der Waals surface area contributed by atoms with E-state index in [4.69, 9.17) is 0 Å². The maximum atomic E-state index is 11.5. The van der Waals surface area contributed by atoms with E-state index in [1.807, 2.05) is 6.92 Å². The summed E-state index contributed by atoms with van der Waals surface area (Å²) in [4.78, 5) is 22.4. The Morgan fingerprint density at radius 3 is 2.47 bits per heavy atom. The van der Waals surface area contributed by atoms with Gasteiger partial charge >= 0.3 is 6.03 Å². The largest absolute Gasteiger partial charge is 0.341 e. The Labute approximate surface area is 94.6 Å². The molecule has 0 aromatic rings. The van der Waals surface area contributed by atoms with E-state index in [2.05, 4.69) is 10.6 Å². The normalized spacial score (nSPS) is 18.5. The number of rotatable bonds is 3. The van der Waals surface area contributed by atoms with E-state index in [0.717, 1.165) is 0 Å². The molecule has 0 spiro atoms. The van der Waals surface area contributed by atoms with E-state index in [1.165, 1.54) is 32.7 Å². The van der Waals surface area contributed by atoms with Crippen molar-refractivity contribution in [2.75, 3.05) is 7.05 Å². The minimum Gasteiger partial charge on any atom is -0.341 e. The first-order chi connectivity index (χ1) is 7.13. The number of imide groups is 1. The number of hydrogen-bond acceptors (Lipinski definition) is 3. The van der Waals surface area contributed by atoms with Crippen molar-refractivity contribution in [3.8, 4) is 0 Å². The number of carbonyl (C=O) groups is 2. The Morgan fingerprint density at radius 2 is 1.93 bits per heavy atom. The monoisotopic (exact) mass is 230 g/mol. The summed E-state index contributed by atoms with van der Waals surface area (Å²) in [7, 11) is 1.50. The number of amides is 3. The van der Waals surface area contributed by atoms with E-state index in [-0.39, 0.29) is 11.2 Å². The van der Waals surface area contributed by atoms with Crippen LogP contribution in [0.4, 0.5) is 4.79 Å². The highest BCUT2D eigenvalue weighted by atomic mass is 32.2. The van der Waals surface area contributed by atoms with Crippen LogP contribution in [0, 0.1) is 0 Å². The molecule has 0 aromatic heterocycles. The van der Waals surface area contributed by atoms with Gasteiger partial charge in [-0.25, -0.2) is 4.79 Å². The summed E-state index contributed by atoms with van der Waals surface area (Å²) >= 11 is 1.68. The Hall–Kier alpha value is -0.710. The third kappa shape index (κ3) is 4.11. The van der Waals surface area contributed by atoms with E-state index < -0.39 is 6.03 Å². The highest BCUT2D eigenvalue weighted by Gasteiger charge is 2.22. The molecule has 0 aliphatic heterocycles. The molecule has 0 radical (unpaired) electrons. The lowest BCUT2D eigenvalue weighted by atomic mass is 10.4. The molecule has 1 saturated carbocycles. The molecule has 15 heavy (non-hydrogen) atoms. The van der Waals surface area contributed by atoms with Crippen molar-refractivity contribution in [2.45, 2.75) is 43.1 Å². The standard InChI is InChI=1S/C10H18N2O2S/c1-7(9(13)12-10(14)11-2)15-8-5-3-4-6-8/h7-8H,3-6H2,1-2H3,(H2,11,12,13,14). The lowest BCUT2D eigenvalue weighted by molar-refractivity contribution is -0.119. The van der Waals surface area contributed by atoms with Gasteiger partial charge in [-0.15, -0.1) is 11.8 Å². The lowest BCUT2D eigenvalue weighted by Gasteiger charge is -2.15. The average Bonchev–Trinajstić information content (AvgIpc) is 2.70. The maximum absolute atomic E-state index is 11.5. The SMILES string of the molecule is CNC(=O)NC(=O)C(C)SC1CCCC1. The van der Waals surface area contributed by atoms with Crippen molar-refractivity contribution in [2.24, 2.45) is 0 Å². The first-order valence-electron chi connectivity index (χ1n) is 5.31. The average molecular weight is 230 g/mol. The van der Waals surface area contributed by atoms with Gasteiger partial charge in [0, 0.05) is 12.3 Å². The van der Waals surface area contributed by atoms with Gasteiger partial charge < -0.3 is 5.32 Å². The molecule has 1 aliphatic carbocycles. The molecule has 5 heteroatoms. The smallest absolute Gasteiger partial charge is 0.321 e. The molecule has 4 nitrogen and oxygen atoms in total. The Morgan fingerprint density at radius 1 is 1.33 bits per heavy atom. The Balaban J connectivity index is 2.28. The van der Waals surface area contributed by atoms with Crippen LogP contribution in [0.25, 0.3) is 0 Å². The predicted molar refractivity (Wildman–Crippen MR) is 61.9 cm³/mol. The predicted octanol–water partition coefficient (Wildman–Crippen LogP) is 1.51. The van der Waals surface area contributed by atoms with Gasteiger partial charge in [-0.2, -0.15) is 0 Å². The molecule has 1 fully saturated rings. The number of thioether (sulfide) groups is 1. The van der Waals surface area contributed by atoms with Crippen LogP contribution in [-0.2, 0) is 4.79 Å². The van der Waals surface area contributed by atoms with E-state index in [1.54, 1.807) is 11.8 Å². The minimum atomic E-state index is -0.432. The molecule has 3 amide bonds. The Bertz CT molecular complexity index is 240. The zero-order chi connectivity index (χ0) is 11.3. The van der Waals surface area contributed by atoms with Crippen molar-refractivity contribution >= 4 is 23.7 Å². The second-order valence-corrected chi connectivity index (χ2v) is 5.40. The number of hydrogen-bond donors (Lipinski definition) is 2. The van der Waals surface area contributed by atoms with E-state index in [9.17, 15) is 9.59 Å². The van der Waals surface area contributed by atoms with E-state index >= 15 is 0 Å². The summed E-state index contributed by atoms with van der Waals surface area (Å²) in [6, 6.07) is -0.432. The van der Waals surface area contributed by atoms with Gasteiger partial charge in [-0.05, 0) is 19.8 Å². The summed E-state index contributed by atoms with van der Waals surface area (Å²) in [5, 5.41) is 5.10. The molecule has 1 atom stereocenters. The van der Waals surface area contributed by atoms with Crippen molar-refractivity contribution in [3.05, 3.63) is 0 Å². The topological polar surface area (TPSA) is 58.2 Å². The fourth-order valence-corrected chi connectivity index (χ4v) is 3.02. The molecule has 0 aromatic carbocycles. The third-order valence-electron chi connectivity index (χ3n) is 2.53. The summed E-state index contributed by atoms with van der Waals surface area (Å²) in [6.45, 7) is 1.85. The summed E-state index contributed by atoms with van der Waals surface area (Å²) < 4.78 is 0. The van der Waals surface area contributed by atoms with E-state index in [0.29, 0.717) is 5.25 Å². The molecule has 0 saturated heterocycles. The van der Waals surface area contributed by atoms with Crippen LogP contribution >= 0.6 is 11.8 Å². The number of carbonyl (C=O) groups excluding carboxylic acids is 2. The molecule has 0 bridgehead atoms. The van der Waals surface area contributed by atoms with Crippen LogP contribution in [0.1, 0.15) is 32.6 Å². The van der Waals surface area contributed by atoms with Gasteiger partial charge in [-0.1, -0.05) is 12.8 Å². The second-order valence-electron chi connectivity index (χ2n) is 3.75. The first kappa shape index (κ1) is 12.4. The summed E-state index contributed by atoms with van der Waals surface area (Å²) in [5.74, 6) is -0.203. The van der Waals surface area contributed by atoms with Crippen molar-refractivity contribution in [3.63, 3.8) is 0 Å². The van der Waals surface area contributed by atoms with Gasteiger partial charge in [0.15, 0.2) is 0 Å². The molecule has 1 rings (SSSR count). The molecular weight excluding hydrogens is 212 g/mol. The molecule has 1 unspecified atom stereocenters. The van der Waals surface area contributed by atoms with Crippen LogP contribution in [0.15, 0.2) is 0 Å². The molecule has 1 aliphatic rings. The third-order valence-corrected chi connectivity index (χ3v) is 4.01. The first-order valence-corrected chi connectivity index (χ1v) is 6.25. The highest BCUT2D eigenvalue weighted by Crippen LogP contribution is 2.32. The fraction of sp³-hybridized carbons (Fsp3) is 0.800. The molecule has 0 heterocycles. The number of urea groups is 1.